The molecule has 0 saturated heterocycles. The van der Waals surface area contributed by atoms with Crippen LogP contribution in [0, 0.1) is 6.92 Å². The van der Waals surface area contributed by atoms with Crippen molar-refractivity contribution in [2.75, 3.05) is 0 Å². The summed E-state index contributed by atoms with van der Waals surface area (Å²) >= 11 is 3.40. The Morgan fingerprint density at radius 3 is 2.75 bits per heavy atom. The average molecular weight is 281 g/mol. The molecule has 84 valence electrons. The van der Waals surface area contributed by atoms with Crippen molar-refractivity contribution in [1.29, 1.82) is 0 Å². The number of nitrogens with zero attached hydrogens (tertiary/aromatic N) is 2. The van der Waals surface area contributed by atoms with Gasteiger partial charge in [-0.1, -0.05) is 15.9 Å². The zero-order chi connectivity index (χ0) is 11.7. The van der Waals surface area contributed by atoms with E-state index in [1.54, 1.807) is 17.8 Å². The second kappa shape index (κ2) is 4.39. The first-order valence-corrected chi connectivity index (χ1v) is 5.86. The van der Waals surface area contributed by atoms with E-state index in [1.807, 2.05) is 31.3 Å². The van der Waals surface area contributed by atoms with Crippen molar-refractivity contribution >= 4 is 15.9 Å². The summed E-state index contributed by atoms with van der Waals surface area (Å²) in [6, 6.07) is 5.80. The minimum absolute atomic E-state index is 0.517. The highest BCUT2D eigenvalue weighted by Gasteiger charge is 2.10. The number of aliphatic hydroxyl groups is 1. The van der Waals surface area contributed by atoms with Gasteiger partial charge in [-0.25, -0.2) is 4.68 Å². The normalized spacial score (nSPS) is 12.8. The van der Waals surface area contributed by atoms with E-state index in [4.69, 9.17) is 0 Å². The Morgan fingerprint density at radius 2 is 2.19 bits per heavy atom. The van der Waals surface area contributed by atoms with Gasteiger partial charge in [-0.15, -0.1) is 0 Å². The molecule has 1 N–H and O–H groups in total. The lowest BCUT2D eigenvalue weighted by atomic mass is 10.1. The van der Waals surface area contributed by atoms with Gasteiger partial charge in [0.25, 0.3) is 0 Å². The molecule has 3 nitrogen and oxygen atoms in total. The third-order valence-electron chi connectivity index (χ3n) is 2.40. The fraction of sp³-hybridized carbons (Fsp3) is 0.250. The molecule has 4 heteroatoms. The van der Waals surface area contributed by atoms with Gasteiger partial charge in [-0.05, 0) is 37.6 Å². The van der Waals surface area contributed by atoms with Crippen LogP contribution >= 0.6 is 15.9 Å². The third kappa shape index (κ3) is 2.18. The van der Waals surface area contributed by atoms with Crippen LogP contribution < -0.4 is 0 Å². The SMILES string of the molecule is Cc1cnn(-c2ccc(Br)cc2C(C)O)c1. The zero-order valence-corrected chi connectivity index (χ0v) is 10.8. The summed E-state index contributed by atoms with van der Waals surface area (Å²) in [5.74, 6) is 0. The predicted octanol–water partition coefficient (Wildman–Crippen LogP) is 3.00. The standard InChI is InChI=1S/C12H13BrN2O/c1-8-6-14-15(7-8)12-4-3-10(13)5-11(12)9(2)16/h3-7,9,16H,1-2H3. The Morgan fingerprint density at radius 1 is 1.44 bits per heavy atom. The molecule has 0 fully saturated rings. The number of hydrogen-bond donors (Lipinski definition) is 1. The van der Waals surface area contributed by atoms with Gasteiger partial charge < -0.3 is 5.11 Å². The maximum absolute atomic E-state index is 9.74. The molecule has 1 atom stereocenters. The smallest absolute Gasteiger partial charge is 0.0783 e. The maximum Gasteiger partial charge on any atom is 0.0783 e. The minimum Gasteiger partial charge on any atom is -0.389 e. The summed E-state index contributed by atoms with van der Waals surface area (Å²) in [6.07, 6.45) is 3.22. The first-order chi connectivity index (χ1) is 7.58. The molecule has 0 radical (unpaired) electrons. The van der Waals surface area contributed by atoms with Crippen molar-refractivity contribution in [2.24, 2.45) is 0 Å². The van der Waals surface area contributed by atoms with Gasteiger partial charge in [0.05, 0.1) is 18.0 Å². The van der Waals surface area contributed by atoms with Crippen molar-refractivity contribution in [3.8, 4) is 5.69 Å². The van der Waals surface area contributed by atoms with Crippen molar-refractivity contribution < 1.29 is 5.11 Å². The van der Waals surface area contributed by atoms with Crippen LogP contribution in [0.1, 0.15) is 24.2 Å². The van der Waals surface area contributed by atoms with Gasteiger partial charge in [-0.3, -0.25) is 0 Å². The Balaban J connectivity index is 2.56. The lowest BCUT2D eigenvalue weighted by Gasteiger charge is -2.12. The second-order valence-corrected chi connectivity index (χ2v) is 4.76. The first kappa shape index (κ1) is 11.4. The van der Waals surface area contributed by atoms with Crippen LogP contribution in [0.3, 0.4) is 0 Å². The molecule has 16 heavy (non-hydrogen) atoms. The number of hydrogen-bond acceptors (Lipinski definition) is 2. The van der Waals surface area contributed by atoms with E-state index in [0.717, 1.165) is 21.3 Å². The van der Waals surface area contributed by atoms with Crippen LogP contribution in [0.5, 0.6) is 0 Å². The van der Waals surface area contributed by atoms with Gasteiger partial charge in [0.1, 0.15) is 0 Å². The zero-order valence-electron chi connectivity index (χ0n) is 9.18. The molecular weight excluding hydrogens is 268 g/mol. The summed E-state index contributed by atoms with van der Waals surface area (Å²) in [6.45, 7) is 3.74. The fourth-order valence-electron chi connectivity index (χ4n) is 1.61. The van der Waals surface area contributed by atoms with E-state index < -0.39 is 6.10 Å². The Labute approximate surface area is 103 Å². The van der Waals surface area contributed by atoms with Crippen LogP contribution in [0.25, 0.3) is 5.69 Å². The number of benzene rings is 1. The first-order valence-electron chi connectivity index (χ1n) is 5.07. The summed E-state index contributed by atoms with van der Waals surface area (Å²) in [7, 11) is 0. The Hall–Kier alpha value is -1.13. The average Bonchev–Trinajstić information content (AvgIpc) is 2.64. The van der Waals surface area contributed by atoms with Gasteiger partial charge in [-0.2, -0.15) is 5.10 Å². The predicted molar refractivity (Wildman–Crippen MR) is 66.6 cm³/mol. The van der Waals surface area contributed by atoms with E-state index in [9.17, 15) is 5.11 Å². The van der Waals surface area contributed by atoms with E-state index in [0.29, 0.717) is 0 Å². The van der Waals surface area contributed by atoms with E-state index in [1.165, 1.54) is 0 Å². The van der Waals surface area contributed by atoms with Crippen LogP contribution in [-0.2, 0) is 0 Å². The van der Waals surface area contributed by atoms with Crippen LogP contribution in [-0.4, -0.2) is 14.9 Å². The summed E-state index contributed by atoms with van der Waals surface area (Å²) in [5.41, 5.74) is 2.86. The van der Waals surface area contributed by atoms with Crippen molar-refractivity contribution in [1.82, 2.24) is 9.78 Å². The molecule has 1 aromatic carbocycles. The Kier molecular flexibility index (Phi) is 3.12. The molecule has 0 aliphatic heterocycles. The second-order valence-electron chi connectivity index (χ2n) is 3.84. The number of halogens is 1. The van der Waals surface area contributed by atoms with Gasteiger partial charge in [0, 0.05) is 16.2 Å². The molecule has 0 aliphatic carbocycles. The number of aliphatic hydroxyl groups excluding tert-OH is 1. The quantitative estimate of drug-likeness (QED) is 0.919. The molecule has 2 aromatic rings. The highest BCUT2D eigenvalue weighted by Crippen LogP contribution is 2.25. The molecule has 1 heterocycles. The molecule has 0 spiro atoms. The molecule has 0 saturated carbocycles. The molecule has 0 bridgehead atoms. The molecule has 2 rings (SSSR count). The molecule has 0 aliphatic rings. The monoisotopic (exact) mass is 280 g/mol. The van der Waals surface area contributed by atoms with Crippen LogP contribution in [0.2, 0.25) is 0 Å². The van der Waals surface area contributed by atoms with Crippen LogP contribution in [0.15, 0.2) is 35.1 Å². The van der Waals surface area contributed by atoms with Crippen molar-refractivity contribution in [3.05, 3.63) is 46.2 Å². The number of rotatable bonds is 2. The van der Waals surface area contributed by atoms with Crippen molar-refractivity contribution in [3.63, 3.8) is 0 Å². The van der Waals surface area contributed by atoms with E-state index >= 15 is 0 Å². The summed E-state index contributed by atoms with van der Waals surface area (Å²) < 4.78 is 2.74. The van der Waals surface area contributed by atoms with E-state index in [2.05, 4.69) is 21.0 Å². The molecular formula is C12H13BrN2O. The lowest BCUT2D eigenvalue weighted by molar-refractivity contribution is 0.199. The van der Waals surface area contributed by atoms with E-state index in [-0.39, 0.29) is 0 Å². The van der Waals surface area contributed by atoms with Gasteiger partial charge >= 0.3 is 0 Å². The van der Waals surface area contributed by atoms with Crippen molar-refractivity contribution in [2.45, 2.75) is 20.0 Å². The molecule has 0 amide bonds. The highest BCUT2D eigenvalue weighted by molar-refractivity contribution is 9.10. The largest absolute Gasteiger partial charge is 0.389 e. The highest BCUT2D eigenvalue weighted by atomic mass is 79.9. The fourth-order valence-corrected chi connectivity index (χ4v) is 1.99. The third-order valence-corrected chi connectivity index (χ3v) is 2.89. The van der Waals surface area contributed by atoms with Gasteiger partial charge in [0.2, 0.25) is 0 Å². The number of aryl methyl sites for hydroxylation is 1. The van der Waals surface area contributed by atoms with Gasteiger partial charge in [0.15, 0.2) is 0 Å². The maximum atomic E-state index is 9.74. The van der Waals surface area contributed by atoms with Crippen LogP contribution in [0.4, 0.5) is 0 Å². The Bertz CT molecular complexity index is 505. The topological polar surface area (TPSA) is 38.0 Å². The summed E-state index contributed by atoms with van der Waals surface area (Å²) in [5, 5.41) is 14.0. The lowest BCUT2D eigenvalue weighted by Crippen LogP contribution is -2.02. The molecule has 1 aromatic heterocycles. The number of aromatic nitrogens is 2. The summed E-state index contributed by atoms with van der Waals surface area (Å²) in [4.78, 5) is 0. The minimum atomic E-state index is -0.517. The molecule has 1 unspecified atom stereocenters.